The summed E-state index contributed by atoms with van der Waals surface area (Å²) in [6.07, 6.45) is 0. The van der Waals surface area contributed by atoms with Gasteiger partial charge in [-0.2, -0.15) is 0 Å². The van der Waals surface area contributed by atoms with Crippen LogP contribution in [0.2, 0.25) is 5.02 Å². The molecule has 2 aromatic rings. The Morgan fingerprint density at radius 1 is 1.22 bits per heavy atom. The summed E-state index contributed by atoms with van der Waals surface area (Å²) in [6.45, 7) is 0. The van der Waals surface area contributed by atoms with E-state index in [1.54, 1.807) is 6.07 Å². The second-order valence-electron chi connectivity index (χ2n) is 3.52. The van der Waals surface area contributed by atoms with Gasteiger partial charge in [-0.3, -0.25) is 0 Å². The van der Waals surface area contributed by atoms with Gasteiger partial charge in [0.2, 0.25) is 0 Å². The van der Waals surface area contributed by atoms with Gasteiger partial charge < -0.3 is 5.73 Å². The van der Waals surface area contributed by atoms with E-state index in [0.717, 1.165) is 23.4 Å². The summed E-state index contributed by atoms with van der Waals surface area (Å²) in [5, 5.41) is 0.661. The van der Waals surface area contributed by atoms with Gasteiger partial charge in [0.05, 0.1) is 0 Å². The fourth-order valence-electron chi connectivity index (χ4n) is 1.33. The number of halogens is 3. The Bertz CT molecular complexity index is 578. The number of pyridine rings is 1. The topological polar surface area (TPSA) is 38.9 Å². The highest BCUT2D eigenvalue weighted by atomic mass is 35.5. The molecule has 0 amide bonds. The van der Waals surface area contributed by atoms with Crippen molar-refractivity contribution in [2.75, 3.05) is 5.73 Å². The van der Waals surface area contributed by atoms with E-state index in [2.05, 4.69) is 4.98 Å². The summed E-state index contributed by atoms with van der Waals surface area (Å²) >= 11 is 7.09. The van der Waals surface area contributed by atoms with E-state index in [0.29, 0.717) is 10.8 Å². The van der Waals surface area contributed by atoms with Crippen LogP contribution in [0.3, 0.4) is 0 Å². The van der Waals surface area contributed by atoms with Crippen molar-refractivity contribution >= 4 is 29.2 Å². The Balaban J connectivity index is 2.16. The molecule has 1 aromatic carbocycles. The zero-order valence-electron chi connectivity index (χ0n) is 9.16. The van der Waals surface area contributed by atoms with Crippen LogP contribution < -0.4 is 5.73 Å². The van der Waals surface area contributed by atoms with Crippen molar-refractivity contribution in [3.05, 3.63) is 52.6 Å². The number of aromatic nitrogens is 1. The highest BCUT2D eigenvalue weighted by Gasteiger charge is 2.11. The average molecular weight is 287 g/mol. The molecule has 1 heterocycles. The van der Waals surface area contributed by atoms with Gasteiger partial charge in [0, 0.05) is 16.8 Å². The van der Waals surface area contributed by atoms with Crippen molar-refractivity contribution in [1.29, 1.82) is 0 Å². The fourth-order valence-corrected chi connectivity index (χ4v) is 2.51. The molecular weight excluding hydrogens is 278 g/mol. The summed E-state index contributed by atoms with van der Waals surface area (Å²) in [5.74, 6) is -1.44. The second kappa shape index (κ2) is 5.54. The zero-order chi connectivity index (χ0) is 13.1. The summed E-state index contributed by atoms with van der Waals surface area (Å²) in [7, 11) is 0. The van der Waals surface area contributed by atoms with E-state index in [1.165, 1.54) is 0 Å². The van der Waals surface area contributed by atoms with Crippen LogP contribution in [-0.2, 0) is 5.75 Å². The average Bonchev–Trinajstić information content (AvgIpc) is 2.34. The van der Waals surface area contributed by atoms with Crippen LogP contribution in [-0.4, -0.2) is 4.98 Å². The number of benzene rings is 1. The molecule has 0 aliphatic heterocycles. The molecule has 0 unspecified atom stereocenters. The first kappa shape index (κ1) is 13.1. The molecule has 0 saturated heterocycles. The zero-order valence-corrected chi connectivity index (χ0v) is 10.7. The number of thioether (sulfide) groups is 1. The first-order valence-electron chi connectivity index (χ1n) is 5.05. The molecule has 94 valence electrons. The largest absolute Gasteiger partial charge is 0.381 e. The standard InChI is InChI=1S/C12H9ClF2N2S/c13-8-4-2-1-3-7(8)6-18-12-10(15)5-9(14)11(16)17-12/h1-5H,6H2,(H2,16,17). The Morgan fingerprint density at radius 2 is 1.94 bits per heavy atom. The summed E-state index contributed by atoms with van der Waals surface area (Å²) in [6, 6.07) is 7.97. The van der Waals surface area contributed by atoms with Gasteiger partial charge >= 0.3 is 0 Å². The third-order valence-corrected chi connectivity index (χ3v) is 3.63. The maximum Gasteiger partial charge on any atom is 0.168 e. The minimum absolute atomic E-state index is 0.0637. The molecule has 2 rings (SSSR count). The SMILES string of the molecule is Nc1nc(SCc2ccccc2Cl)c(F)cc1F. The van der Waals surface area contributed by atoms with Gasteiger partial charge in [-0.1, -0.05) is 41.6 Å². The van der Waals surface area contributed by atoms with E-state index in [-0.39, 0.29) is 10.8 Å². The number of anilines is 1. The van der Waals surface area contributed by atoms with Gasteiger partial charge in [0.1, 0.15) is 5.03 Å². The molecule has 6 heteroatoms. The Hall–Kier alpha value is -1.33. The van der Waals surface area contributed by atoms with Crippen LogP contribution in [0.1, 0.15) is 5.56 Å². The highest BCUT2D eigenvalue weighted by molar-refractivity contribution is 7.98. The quantitative estimate of drug-likeness (QED) is 0.870. The van der Waals surface area contributed by atoms with Gasteiger partial charge in [-0.25, -0.2) is 13.8 Å². The van der Waals surface area contributed by atoms with E-state index < -0.39 is 11.6 Å². The minimum atomic E-state index is -0.852. The first-order chi connectivity index (χ1) is 8.58. The van der Waals surface area contributed by atoms with Crippen LogP contribution in [0.25, 0.3) is 0 Å². The predicted octanol–water partition coefficient (Wildman–Crippen LogP) is 3.89. The van der Waals surface area contributed by atoms with E-state index in [9.17, 15) is 8.78 Å². The monoisotopic (exact) mass is 286 g/mol. The van der Waals surface area contributed by atoms with Crippen molar-refractivity contribution in [3.63, 3.8) is 0 Å². The molecule has 0 saturated carbocycles. The summed E-state index contributed by atoms with van der Waals surface area (Å²) < 4.78 is 26.4. The van der Waals surface area contributed by atoms with Gasteiger partial charge in [0.15, 0.2) is 17.5 Å². The molecule has 0 bridgehead atoms. The lowest BCUT2D eigenvalue weighted by atomic mass is 10.2. The lowest BCUT2D eigenvalue weighted by molar-refractivity contribution is 0.552. The van der Waals surface area contributed by atoms with E-state index in [1.807, 2.05) is 18.2 Å². The van der Waals surface area contributed by atoms with Crippen LogP contribution >= 0.6 is 23.4 Å². The fraction of sp³-hybridized carbons (Fsp3) is 0.0833. The Kier molecular flexibility index (Phi) is 4.04. The molecule has 0 spiro atoms. The molecule has 0 aliphatic rings. The van der Waals surface area contributed by atoms with Crippen molar-refractivity contribution in [2.24, 2.45) is 0 Å². The number of rotatable bonds is 3. The molecule has 0 fully saturated rings. The van der Waals surface area contributed by atoms with Crippen LogP contribution in [0.15, 0.2) is 35.4 Å². The third kappa shape index (κ3) is 2.91. The molecule has 0 aliphatic carbocycles. The normalized spacial score (nSPS) is 10.6. The van der Waals surface area contributed by atoms with Crippen LogP contribution in [0.5, 0.6) is 0 Å². The number of nitrogens with two attached hydrogens (primary N) is 1. The summed E-state index contributed by atoms with van der Waals surface area (Å²) in [5.41, 5.74) is 6.15. The molecule has 1 aromatic heterocycles. The summed E-state index contributed by atoms with van der Waals surface area (Å²) in [4.78, 5) is 3.66. The lowest BCUT2D eigenvalue weighted by Crippen LogP contribution is -1.99. The van der Waals surface area contributed by atoms with Crippen molar-refractivity contribution in [3.8, 4) is 0 Å². The maximum atomic E-state index is 13.4. The van der Waals surface area contributed by atoms with Crippen molar-refractivity contribution in [2.45, 2.75) is 10.8 Å². The molecule has 0 radical (unpaired) electrons. The number of hydrogen-bond donors (Lipinski definition) is 1. The van der Waals surface area contributed by atoms with E-state index >= 15 is 0 Å². The third-order valence-electron chi connectivity index (χ3n) is 2.25. The molecule has 2 N–H and O–H groups in total. The number of nitrogen functional groups attached to an aromatic ring is 1. The van der Waals surface area contributed by atoms with Gasteiger partial charge in [-0.15, -0.1) is 0 Å². The van der Waals surface area contributed by atoms with Gasteiger partial charge in [0.25, 0.3) is 0 Å². The van der Waals surface area contributed by atoms with E-state index in [4.69, 9.17) is 17.3 Å². The highest BCUT2D eigenvalue weighted by Crippen LogP contribution is 2.28. The molecule has 0 atom stereocenters. The first-order valence-corrected chi connectivity index (χ1v) is 6.42. The number of hydrogen-bond acceptors (Lipinski definition) is 3. The molecule has 18 heavy (non-hydrogen) atoms. The van der Waals surface area contributed by atoms with Gasteiger partial charge in [-0.05, 0) is 11.6 Å². The van der Waals surface area contributed by atoms with Crippen molar-refractivity contribution < 1.29 is 8.78 Å². The number of nitrogens with zero attached hydrogens (tertiary/aromatic N) is 1. The van der Waals surface area contributed by atoms with Crippen LogP contribution in [0.4, 0.5) is 14.6 Å². The molecule has 2 nitrogen and oxygen atoms in total. The Morgan fingerprint density at radius 3 is 2.67 bits per heavy atom. The smallest absolute Gasteiger partial charge is 0.168 e. The molecular formula is C12H9ClF2N2S. The Labute approximate surface area is 112 Å². The predicted molar refractivity (Wildman–Crippen MR) is 69.6 cm³/mol. The lowest BCUT2D eigenvalue weighted by Gasteiger charge is -2.05. The maximum absolute atomic E-state index is 13.4. The van der Waals surface area contributed by atoms with Crippen molar-refractivity contribution in [1.82, 2.24) is 4.98 Å². The van der Waals surface area contributed by atoms with Crippen LogP contribution in [0, 0.1) is 11.6 Å². The second-order valence-corrected chi connectivity index (χ2v) is 4.89. The minimum Gasteiger partial charge on any atom is -0.381 e.